The molecule has 0 saturated heterocycles. The van der Waals surface area contributed by atoms with Crippen molar-refractivity contribution in [3.8, 4) is 0 Å². The van der Waals surface area contributed by atoms with Crippen LogP contribution >= 0.6 is 0 Å². The number of carboxylic acids is 1. The fourth-order valence-electron chi connectivity index (χ4n) is 3.61. The number of aromatic nitrogens is 1. The molecular weight excluding hydrogens is 392 g/mol. The van der Waals surface area contributed by atoms with Crippen LogP contribution in [0.25, 0.3) is 11.0 Å². The molecule has 0 bridgehead atoms. The monoisotopic (exact) mass is 408 g/mol. The van der Waals surface area contributed by atoms with Crippen LogP contribution in [0, 0.1) is 5.82 Å². The Morgan fingerprint density at radius 2 is 2.00 bits per heavy atom. The number of nitrogens with zero attached hydrogens (tertiary/aromatic N) is 2. The van der Waals surface area contributed by atoms with Gasteiger partial charge >= 0.3 is 12.1 Å². The van der Waals surface area contributed by atoms with Gasteiger partial charge in [-0.1, -0.05) is 23.4 Å². The molecule has 1 N–H and O–H groups in total. The van der Waals surface area contributed by atoms with Gasteiger partial charge < -0.3 is 14.5 Å². The van der Waals surface area contributed by atoms with Crippen LogP contribution in [0.1, 0.15) is 28.8 Å². The molecule has 5 nitrogen and oxygen atoms in total. The van der Waals surface area contributed by atoms with Gasteiger partial charge in [0.1, 0.15) is 5.82 Å². The minimum atomic E-state index is -4.69. The summed E-state index contributed by atoms with van der Waals surface area (Å²) in [7, 11) is 0. The Labute approximate surface area is 162 Å². The number of fused-ring (bicyclic) bond motifs is 2. The zero-order valence-electron chi connectivity index (χ0n) is 15.1. The third-order valence-electron chi connectivity index (χ3n) is 5.06. The first-order valence-electron chi connectivity index (χ1n) is 8.96. The third kappa shape index (κ3) is 3.76. The number of hydrogen-bond donors (Lipinski definition) is 1. The van der Waals surface area contributed by atoms with E-state index in [1.165, 1.54) is 0 Å². The van der Waals surface area contributed by atoms with Crippen molar-refractivity contribution < 1.29 is 32.0 Å². The van der Waals surface area contributed by atoms with Crippen LogP contribution in [0.5, 0.6) is 0 Å². The van der Waals surface area contributed by atoms with Gasteiger partial charge in [-0.25, -0.2) is 4.39 Å². The van der Waals surface area contributed by atoms with Crippen LogP contribution < -0.4 is 4.90 Å². The molecule has 0 atom stereocenters. The van der Waals surface area contributed by atoms with Gasteiger partial charge in [-0.3, -0.25) is 4.79 Å². The molecule has 4 rings (SSSR count). The number of carboxylic acid groups (broad SMARTS) is 1. The highest BCUT2D eigenvalue weighted by molar-refractivity contribution is 5.84. The number of aliphatic carboxylic acids is 1. The smallest absolute Gasteiger partial charge is 0.437 e. The summed E-state index contributed by atoms with van der Waals surface area (Å²) >= 11 is 0. The molecule has 2 aromatic carbocycles. The Hall–Kier alpha value is -3.10. The number of halogens is 4. The lowest BCUT2D eigenvalue weighted by molar-refractivity contribution is -0.141. The molecule has 1 aromatic heterocycles. The summed E-state index contributed by atoms with van der Waals surface area (Å²) in [6.45, 7) is 0.758. The average molecular weight is 408 g/mol. The first-order chi connectivity index (χ1) is 13.7. The van der Waals surface area contributed by atoms with E-state index in [1.807, 2.05) is 18.2 Å². The maximum atomic E-state index is 14.6. The van der Waals surface area contributed by atoms with E-state index in [2.05, 4.69) is 9.68 Å². The van der Waals surface area contributed by atoms with Crippen LogP contribution in [0.2, 0.25) is 0 Å². The average Bonchev–Trinajstić information content (AvgIpc) is 3.08. The Kier molecular flexibility index (Phi) is 4.68. The van der Waals surface area contributed by atoms with Crippen LogP contribution in [0.4, 0.5) is 23.2 Å². The summed E-state index contributed by atoms with van der Waals surface area (Å²) in [6, 6.07) is 7.69. The maximum absolute atomic E-state index is 14.6. The molecule has 1 aliphatic heterocycles. The van der Waals surface area contributed by atoms with E-state index in [-0.39, 0.29) is 23.1 Å². The highest BCUT2D eigenvalue weighted by Crippen LogP contribution is 2.37. The van der Waals surface area contributed by atoms with E-state index in [0.29, 0.717) is 25.9 Å². The lowest BCUT2D eigenvalue weighted by atomic mass is 9.95. The lowest BCUT2D eigenvalue weighted by Gasteiger charge is -2.31. The molecule has 0 spiro atoms. The molecule has 3 aromatic rings. The van der Waals surface area contributed by atoms with Crippen molar-refractivity contribution in [3.05, 3.63) is 58.5 Å². The van der Waals surface area contributed by atoms with Gasteiger partial charge in [0.2, 0.25) is 0 Å². The van der Waals surface area contributed by atoms with Crippen molar-refractivity contribution in [2.45, 2.75) is 32.0 Å². The van der Waals surface area contributed by atoms with E-state index >= 15 is 0 Å². The SMILES string of the molecule is O=C(O)CCc1ccc2c(c1)CCN(c1cc3c(C(F)(F)F)noc3cc1F)C2. The minimum Gasteiger partial charge on any atom is -0.481 e. The highest BCUT2D eigenvalue weighted by Gasteiger charge is 2.37. The van der Waals surface area contributed by atoms with Gasteiger partial charge in [-0.05, 0) is 35.6 Å². The van der Waals surface area contributed by atoms with E-state index in [1.54, 1.807) is 4.90 Å². The maximum Gasteiger partial charge on any atom is 0.437 e. The standard InChI is InChI=1S/C20H16F4N2O3/c21-15-9-17-14(19(25-29-17)20(22,23)24)8-16(15)26-6-5-12-7-11(2-4-18(27)28)1-3-13(12)10-26/h1,3,7-9H,2,4-6,10H2,(H,27,28). The molecule has 2 heterocycles. The molecule has 0 aliphatic carbocycles. The third-order valence-corrected chi connectivity index (χ3v) is 5.06. The van der Waals surface area contributed by atoms with E-state index in [4.69, 9.17) is 5.11 Å². The number of alkyl halides is 3. The molecule has 0 amide bonds. The fourth-order valence-corrected chi connectivity index (χ4v) is 3.61. The Morgan fingerprint density at radius 3 is 2.72 bits per heavy atom. The molecule has 29 heavy (non-hydrogen) atoms. The van der Waals surface area contributed by atoms with Crippen molar-refractivity contribution in [2.24, 2.45) is 0 Å². The molecule has 1 aliphatic rings. The molecule has 9 heteroatoms. The highest BCUT2D eigenvalue weighted by atomic mass is 19.4. The first-order valence-corrected chi connectivity index (χ1v) is 8.96. The topological polar surface area (TPSA) is 66.6 Å². The number of anilines is 1. The van der Waals surface area contributed by atoms with Crippen molar-refractivity contribution in [1.82, 2.24) is 5.16 Å². The molecule has 0 fully saturated rings. The molecule has 0 unspecified atom stereocenters. The van der Waals surface area contributed by atoms with Crippen molar-refractivity contribution in [1.29, 1.82) is 0 Å². The van der Waals surface area contributed by atoms with Crippen molar-refractivity contribution in [3.63, 3.8) is 0 Å². The Balaban J connectivity index is 1.63. The zero-order chi connectivity index (χ0) is 20.8. The molecular formula is C20H16F4N2O3. The summed E-state index contributed by atoms with van der Waals surface area (Å²) < 4.78 is 58.5. The van der Waals surface area contributed by atoms with Gasteiger partial charge in [0.25, 0.3) is 0 Å². The quantitative estimate of drug-likeness (QED) is 0.641. The van der Waals surface area contributed by atoms with E-state index in [0.717, 1.165) is 28.8 Å². The molecule has 152 valence electrons. The second kappa shape index (κ2) is 7.06. The predicted octanol–water partition coefficient (Wildman–Crippen LogP) is 4.57. The van der Waals surface area contributed by atoms with Crippen LogP contribution in [0.15, 0.2) is 34.9 Å². The van der Waals surface area contributed by atoms with Gasteiger partial charge in [0.05, 0.1) is 11.1 Å². The van der Waals surface area contributed by atoms with Gasteiger partial charge in [0, 0.05) is 25.6 Å². The van der Waals surface area contributed by atoms with Crippen LogP contribution in [0.3, 0.4) is 0 Å². The van der Waals surface area contributed by atoms with Crippen LogP contribution in [-0.2, 0) is 30.4 Å². The minimum absolute atomic E-state index is 0.0381. The number of aryl methyl sites for hydroxylation is 1. The summed E-state index contributed by atoms with van der Waals surface area (Å²) in [5, 5.41) is 11.6. The largest absolute Gasteiger partial charge is 0.481 e. The summed E-state index contributed by atoms with van der Waals surface area (Å²) in [5.41, 5.74) is 1.51. The zero-order valence-corrected chi connectivity index (χ0v) is 15.1. The lowest BCUT2D eigenvalue weighted by Crippen LogP contribution is -2.31. The van der Waals surface area contributed by atoms with Crippen molar-refractivity contribution in [2.75, 3.05) is 11.4 Å². The number of rotatable bonds is 4. The second-order valence-electron chi connectivity index (χ2n) is 7.00. The van der Waals surface area contributed by atoms with Gasteiger partial charge in [-0.15, -0.1) is 0 Å². The number of hydrogen-bond acceptors (Lipinski definition) is 4. The normalized spacial score (nSPS) is 14.3. The van der Waals surface area contributed by atoms with Gasteiger partial charge in [-0.2, -0.15) is 13.2 Å². The van der Waals surface area contributed by atoms with E-state index < -0.39 is 23.7 Å². The van der Waals surface area contributed by atoms with Gasteiger partial charge in [0.15, 0.2) is 11.3 Å². The fraction of sp³-hybridized carbons (Fsp3) is 0.300. The summed E-state index contributed by atoms with van der Waals surface area (Å²) in [4.78, 5) is 12.4. The molecule has 0 radical (unpaired) electrons. The summed E-state index contributed by atoms with van der Waals surface area (Å²) in [5.74, 6) is -1.55. The predicted molar refractivity (Wildman–Crippen MR) is 96.1 cm³/mol. The first kappa shape index (κ1) is 19.2. The molecule has 0 saturated carbocycles. The second-order valence-corrected chi connectivity index (χ2v) is 7.00. The van der Waals surface area contributed by atoms with Crippen LogP contribution in [-0.4, -0.2) is 22.8 Å². The van der Waals surface area contributed by atoms with E-state index in [9.17, 15) is 22.4 Å². The Morgan fingerprint density at radius 1 is 1.21 bits per heavy atom. The Bertz CT molecular complexity index is 1090. The summed E-state index contributed by atoms with van der Waals surface area (Å²) in [6.07, 6.45) is -3.66. The van der Waals surface area contributed by atoms with Crippen molar-refractivity contribution >= 4 is 22.6 Å². The number of carbonyl (C=O) groups is 1. The number of benzene rings is 2.